The van der Waals surface area contributed by atoms with Gasteiger partial charge in [0.25, 0.3) is 0 Å². The molecule has 1 fully saturated rings. The Morgan fingerprint density at radius 3 is 3.20 bits per heavy atom. The molecule has 15 heavy (non-hydrogen) atoms. The third kappa shape index (κ3) is 1.74. The molecule has 0 aliphatic carbocycles. The molecule has 1 unspecified atom stereocenters. The van der Waals surface area contributed by atoms with Crippen molar-refractivity contribution in [2.24, 2.45) is 0 Å². The topological polar surface area (TPSA) is 21.3 Å². The van der Waals surface area contributed by atoms with E-state index in [1.165, 1.54) is 30.5 Å². The zero-order valence-electron chi connectivity index (χ0n) is 8.96. The highest BCUT2D eigenvalue weighted by Crippen LogP contribution is 2.30. The molecule has 3 rings (SSSR count). The second kappa shape index (κ2) is 3.86. The molecule has 0 amide bonds. The first-order valence-corrected chi connectivity index (χ1v) is 5.90. The van der Waals surface area contributed by atoms with Crippen LogP contribution in [0.25, 0.3) is 0 Å². The molecular weight excluding hydrogens is 186 g/mol. The summed E-state index contributed by atoms with van der Waals surface area (Å²) in [6.07, 6.45) is 3.72. The minimum Gasteiger partial charge on any atom is -0.493 e. The summed E-state index contributed by atoms with van der Waals surface area (Å²) in [6.45, 7) is 3.19. The van der Waals surface area contributed by atoms with Gasteiger partial charge in [0.1, 0.15) is 5.75 Å². The van der Waals surface area contributed by atoms with Crippen molar-refractivity contribution in [3.05, 3.63) is 29.3 Å². The van der Waals surface area contributed by atoms with Crippen molar-refractivity contribution in [2.75, 3.05) is 19.7 Å². The van der Waals surface area contributed by atoms with Gasteiger partial charge < -0.3 is 10.1 Å². The summed E-state index contributed by atoms with van der Waals surface area (Å²) in [7, 11) is 0. The van der Waals surface area contributed by atoms with Crippen LogP contribution >= 0.6 is 0 Å². The van der Waals surface area contributed by atoms with Crippen LogP contribution in [0.3, 0.4) is 0 Å². The van der Waals surface area contributed by atoms with E-state index in [-0.39, 0.29) is 0 Å². The van der Waals surface area contributed by atoms with Gasteiger partial charge in [-0.25, -0.2) is 0 Å². The van der Waals surface area contributed by atoms with Gasteiger partial charge in [0.05, 0.1) is 6.61 Å². The summed E-state index contributed by atoms with van der Waals surface area (Å²) in [5.41, 5.74) is 2.89. The summed E-state index contributed by atoms with van der Waals surface area (Å²) < 4.78 is 5.53. The summed E-state index contributed by atoms with van der Waals surface area (Å²) in [6, 6.07) is 6.73. The van der Waals surface area contributed by atoms with Crippen molar-refractivity contribution in [1.29, 1.82) is 0 Å². The average molecular weight is 203 g/mol. The normalized spacial score (nSPS) is 24.7. The highest BCUT2D eigenvalue weighted by Gasteiger charge is 2.18. The van der Waals surface area contributed by atoms with Gasteiger partial charge in [-0.3, -0.25) is 0 Å². The van der Waals surface area contributed by atoms with E-state index in [1.54, 1.807) is 0 Å². The van der Waals surface area contributed by atoms with Crippen LogP contribution in [0.5, 0.6) is 5.75 Å². The van der Waals surface area contributed by atoms with E-state index in [9.17, 15) is 0 Å². The Bertz CT molecular complexity index is 356. The first-order valence-electron chi connectivity index (χ1n) is 5.90. The zero-order valence-corrected chi connectivity index (χ0v) is 8.96. The standard InChI is InChI=1S/C13H17NO/c1-2-12(9-14-6-1)10-3-4-13-11(8-10)5-7-15-13/h3-4,8,12,14H,1-2,5-7,9H2. The second-order valence-electron chi connectivity index (χ2n) is 4.51. The molecule has 0 bridgehead atoms. The van der Waals surface area contributed by atoms with E-state index in [0.717, 1.165) is 25.3 Å². The monoisotopic (exact) mass is 203 g/mol. The Kier molecular flexibility index (Phi) is 2.37. The first-order chi connectivity index (χ1) is 7.43. The Balaban J connectivity index is 1.85. The van der Waals surface area contributed by atoms with Crippen LogP contribution in [-0.2, 0) is 6.42 Å². The summed E-state index contributed by atoms with van der Waals surface area (Å²) in [5, 5.41) is 3.47. The Labute approximate surface area is 90.6 Å². The van der Waals surface area contributed by atoms with Gasteiger partial charge >= 0.3 is 0 Å². The number of hydrogen-bond donors (Lipinski definition) is 1. The minimum atomic E-state index is 0.713. The SMILES string of the molecule is c1cc2c(cc1C1CCCNC1)CCO2. The van der Waals surface area contributed by atoms with E-state index >= 15 is 0 Å². The van der Waals surface area contributed by atoms with Crippen molar-refractivity contribution < 1.29 is 4.74 Å². The maximum absolute atomic E-state index is 5.53. The van der Waals surface area contributed by atoms with Crippen molar-refractivity contribution in [3.8, 4) is 5.75 Å². The molecule has 0 spiro atoms. The van der Waals surface area contributed by atoms with Gasteiger partial charge in [-0.2, -0.15) is 0 Å². The number of ether oxygens (including phenoxy) is 1. The number of piperidine rings is 1. The predicted octanol–water partition coefficient (Wildman–Crippen LogP) is 2.09. The molecule has 2 aliphatic rings. The smallest absolute Gasteiger partial charge is 0.122 e. The lowest BCUT2D eigenvalue weighted by Gasteiger charge is -2.23. The average Bonchev–Trinajstić information content (AvgIpc) is 2.77. The lowest BCUT2D eigenvalue weighted by Crippen LogP contribution is -2.28. The Morgan fingerprint density at radius 1 is 1.33 bits per heavy atom. The molecule has 1 aromatic carbocycles. The first kappa shape index (κ1) is 9.22. The molecule has 1 saturated heterocycles. The minimum absolute atomic E-state index is 0.713. The lowest BCUT2D eigenvalue weighted by atomic mass is 9.90. The van der Waals surface area contributed by atoms with Gasteiger partial charge in [0.2, 0.25) is 0 Å². The fourth-order valence-corrected chi connectivity index (χ4v) is 2.60. The molecule has 0 saturated carbocycles. The maximum atomic E-state index is 5.53. The fraction of sp³-hybridized carbons (Fsp3) is 0.538. The highest BCUT2D eigenvalue weighted by atomic mass is 16.5. The fourth-order valence-electron chi connectivity index (χ4n) is 2.60. The number of rotatable bonds is 1. The summed E-state index contributed by atoms with van der Waals surface area (Å²) >= 11 is 0. The number of hydrogen-bond acceptors (Lipinski definition) is 2. The van der Waals surface area contributed by atoms with Crippen LogP contribution in [0.2, 0.25) is 0 Å². The third-order valence-corrected chi connectivity index (χ3v) is 3.48. The van der Waals surface area contributed by atoms with Gasteiger partial charge in [0, 0.05) is 13.0 Å². The van der Waals surface area contributed by atoms with Crippen LogP contribution in [-0.4, -0.2) is 19.7 Å². The van der Waals surface area contributed by atoms with Crippen molar-refractivity contribution in [2.45, 2.75) is 25.2 Å². The van der Waals surface area contributed by atoms with Gasteiger partial charge in [0.15, 0.2) is 0 Å². The van der Waals surface area contributed by atoms with Gasteiger partial charge in [-0.15, -0.1) is 0 Å². The predicted molar refractivity (Wildman–Crippen MR) is 60.5 cm³/mol. The van der Waals surface area contributed by atoms with Crippen molar-refractivity contribution in [3.63, 3.8) is 0 Å². The van der Waals surface area contributed by atoms with E-state index in [4.69, 9.17) is 4.74 Å². The van der Waals surface area contributed by atoms with Crippen molar-refractivity contribution in [1.82, 2.24) is 5.32 Å². The van der Waals surface area contributed by atoms with Crippen LogP contribution in [0, 0.1) is 0 Å². The molecule has 1 aromatic rings. The zero-order chi connectivity index (χ0) is 10.1. The molecule has 2 aliphatic heterocycles. The van der Waals surface area contributed by atoms with Gasteiger partial charge in [-0.05, 0) is 42.5 Å². The Hall–Kier alpha value is -1.02. The molecule has 1 N–H and O–H groups in total. The quantitative estimate of drug-likeness (QED) is 0.754. The number of benzene rings is 1. The summed E-state index contributed by atoms with van der Waals surface area (Å²) in [4.78, 5) is 0. The van der Waals surface area contributed by atoms with E-state index in [2.05, 4.69) is 23.5 Å². The second-order valence-corrected chi connectivity index (χ2v) is 4.51. The van der Waals surface area contributed by atoms with Gasteiger partial charge in [-0.1, -0.05) is 12.1 Å². The maximum Gasteiger partial charge on any atom is 0.122 e. The van der Waals surface area contributed by atoms with E-state index in [0.29, 0.717) is 5.92 Å². The largest absolute Gasteiger partial charge is 0.493 e. The highest BCUT2D eigenvalue weighted by molar-refractivity contribution is 5.41. The third-order valence-electron chi connectivity index (χ3n) is 3.48. The summed E-state index contributed by atoms with van der Waals surface area (Å²) in [5.74, 6) is 1.81. The molecule has 80 valence electrons. The molecule has 2 nitrogen and oxygen atoms in total. The van der Waals surface area contributed by atoms with Crippen molar-refractivity contribution >= 4 is 0 Å². The van der Waals surface area contributed by atoms with E-state index in [1.807, 2.05) is 0 Å². The Morgan fingerprint density at radius 2 is 2.33 bits per heavy atom. The molecule has 2 heteroatoms. The number of nitrogens with one attached hydrogen (secondary N) is 1. The molecule has 1 atom stereocenters. The van der Waals surface area contributed by atoms with E-state index < -0.39 is 0 Å². The molecule has 0 radical (unpaired) electrons. The van der Waals surface area contributed by atoms with Crippen LogP contribution in [0.1, 0.15) is 29.9 Å². The molecule has 0 aromatic heterocycles. The number of fused-ring (bicyclic) bond motifs is 1. The molecule has 2 heterocycles. The van der Waals surface area contributed by atoms with Crippen LogP contribution < -0.4 is 10.1 Å². The van der Waals surface area contributed by atoms with Crippen LogP contribution in [0.15, 0.2) is 18.2 Å². The lowest BCUT2D eigenvalue weighted by molar-refractivity contribution is 0.356. The molecular formula is C13H17NO. The van der Waals surface area contributed by atoms with Crippen LogP contribution in [0.4, 0.5) is 0 Å².